The number of aromatic nitrogens is 1. The van der Waals surface area contributed by atoms with Gasteiger partial charge in [-0.3, -0.25) is 10.2 Å². The fourth-order valence-corrected chi connectivity index (χ4v) is 5.01. The summed E-state index contributed by atoms with van der Waals surface area (Å²) in [5.41, 5.74) is 3.37. The number of nitrogens with one attached hydrogen (secondary N) is 2. The van der Waals surface area contributed by atoms with Crippen LogP contribution in [-0.4, -0.2) is 35.0 Å². The van der Waals surface area contributed by atoms with E-state index in [0.717, 1.165) is 21.5 Å². The molecule has 0 fully saturated rings. The third kappa shape index (κ3) is 4.61. The molecule has 35 heavy (non-hydrogen) atoms. The van der Waals surface area contributed by atoms with E-state index in [1.807, 2.05) is 61.5 Å². The van der Waals surface area contributed by atoms with E-state index >= 15 is 0 Å². The molecule has 0 saturated carbocycles. The molecule has 1 aromatic heterocycles. The lowest BCUT2D eigenvalue weighted by Crippen LogP contribution is -2.27. The van der Waals surface area contributed by atoms with E-state index in [1.54, 1.807) is 23.1 Å². The van der Waals surface area contributed by atoms with Crippen LogP contribution in [0.4, 0.5) is 5.69 Å². The minimum Gasteiger partial charge on any atom is -0.510 e. The Morgan fingerprint density at radius 3 is 2.71 bits per heavy atom. The van der Waals surface area contributed by atoms with E-state index in [1.165, 1.54) is 11.3 Å². The third-order valence-corrected chi connectivity index (χ3v) is 6.77. The van der Waals surface area contributed by atoms with Gasteiger partial charge in [-0.05, 0) is 55.0 Å². The fourth-order valence-electron chi connectivity index (χ4n) is 3.97. The second-order valence-electron chi connectivity index (χ2n) is 8.05. The molecular formula is C27H24N4O3S. The van der Waals surface area contributed by atoms with E-state index in [9.17, 15) is 9.90 Å². The molecule has 4 aromatic rings. The molecule has 8 heteroatoms. The molecule has 7 nitrogen and oxygen atoms in total. The molecule has 3 N–H and O–H groups in total. The largest absolute Gasteiger partial charge is 0.510 e. The Morgan fingerprint density at radius 1 is 1.14 bits per heavy atom. The highest BCUT2D eigenvalue weighted by Gasteiger charge is 2.31. The summed E-state index contributed by atoms with van der Waals surface area (Å²) in [6.45, 7) is 3.09. The van der Waals surface area contributed by atoms with Gasteiger partial charge in [-0.1, -0.05) is 30.3 Å². The summed E-state index contributed by atoms with van der Waals surface area (Å²) in [5, 5.41) is 23.0. The van der Waals surface area contributed by atoms with Crippen LogP contribution in [0, 0.1) is 5.41 Å². The Morgan fingerprint density at radius 2 is 1.94 bits per heavy atom. The SMILES string of the molecule is CCOc1ccc(CNC(=O)c2cccc(N3CC(O)=C(c4nc5ccccc5s4)C3=N)c2)cc1. The number of carbonyl (C=O) groups excluding carboxylic acids is 1. The second kappa shape index (κ2) is 9.60. The smallest absolute Gasteiger partial charge is 0.251 e. The van der Waals surface area contributed by atoms with Crippen molar-refractivity contribution in [1.29, 1.82) is 5.41 Å². The number of carbonyl (C=O) groups is 1. The third-order valence-electron chi connectivity index (χ3n) is 5.72. The summed E-state index contributed by atoms with van der Waals surface area (Å²) in [6, 6.07) is 22.4. The van der Waals surface area contributed by atoms with Gasteiger partial charge in [0, 0.05) is 17.8 Å². The standard InChI is InChI=1S/C27H24N4O3S/c1-2-34-20-12-10-17(11-13-20)15-29-26(33)18-6-5-7-19(14-18)31-16-22(32)24(25(31)28)27-30-21-8-3-4-9-23(21)35-27/h3-14,28,32H,2,15-16H2,1H3,(H,29,33). The van der Waals surface area contributed by atoms with Crippen LogP contribution in [0.25, 0.3) is 15.8 Å². The van der Waals surface area contributed by atoms with Crippen molar-refractivity contribution in [2.24, 2.45) is 0 Å². The van der Waals surface area contributed by atoms with Gasteiger partial charge >= 0.3 is 0 Å². The molecule has 0 atom stereocenters. The van der Waals surface area contributed by atoms with Gasteiger partial charge in [0.1, 0.15) is 22.4 Å². The van der Waals surface area contributed by atoms with Gasteiger partial charge in [0.2, 0.25) is 0 Å². The molecule has 0 radical (unpaired) electrons. The highest BCUT2D eigenvalue weighted by atomic mass is 32.1. The number of hydrogen-bond donors (Lipinski definition) is 3. The zero-order valence-electron chi connectivity index (χ0n) is 19.1. The monoisotopic (exact) mass is 484 g/mol. The number of thiazole rings is 1. The zero-order chi connectivity index (χ0) is 24.4. The predicted octanol–water partition coefficient (Wildman–Crippen LogP) is 5.39. The number of hydrogen-bond acceptors (Lipinski definition) is 6. The molecule has 1 aliphatic rings. The maximum absolute atomic E-state index is 12.8. The first kappa shape index (κ1) is 22.6. The van der Waals surface area contributed by atoms with Crippen LogP contribution in [0.3, 0.4) is 0 Å². The van der Waals surface area contributed by atoms with Gasteiger partial charge in [0.15, 0.2) is 0 Å². The van der Waals surface area contributed by atoms with Crippen LogP contribution < -0.4 is 15.0 Å². The first-order chi connectivity index (χ1) is 17.0. The number of para-hydroxylation sites is 1. The summed E-state index contributed by atoms with van der Waals surface area (Å²) in [5.74, 6) is 0.841. The number of nitrogens with zero attached hydrogens (tertiary/aromatic N) is 2. The molecule has 0 bridgehead atoms. The number of aliphatic hydroxyl groups is 1. The molecular weight excluding hydrogens is 460 g/mol. The maximum atomic E-state index is 12.8. The molecule has 0 saturated heterocycles. The molecule has 0 aliphatic carbocycles. The van der Waals surface area contributed by atoms with E-state index < -0.39 is 0 Å². The summed E-state index contributed by atoms with van der Waals surface area (Å²) >= 11 is 1.45. The Bertz CT molecular complexity index is 1410. The molecule has 0 unspecified atom stereocenters. The van der Waals surface area contributed by atoms with Gasteiger partial charge < -0.3 is 20.1 Å². The van der Waals surface area contributed by atoms with Crippen LogP contribution >= 0.6 is 11.3 Å². The minimum absolute atomic E-state index is 0.0967. The first-order valence-electron chi connectivity index (χ1n) is 11.3. The number of amides is 1. The van der Waals surface area contributed by atoms with Crippen LogP contribution in [0.5, 0.6) is 5.75 Å². The van der Waals surface area contributed by atoms with Crippen LogP contribution in [0.15, 0.2) is 78.6 Å². The Balaban J connectivity index is 1.29. The number of amidine groups is 1. The number of rotatable bonds is 7. The second-order valence-corrected chi connectivity index (χ2v) is 9.08. The molecule has 0 spiro atoms. The summed E-state index contributed by atoms with van der Waals surface area (Å²) < 4.78 is 6.45. The molecule has 3 aromatic carbocycles. The predicted molar refractivity (Wildman–Crippen MR) is 139 cm³/mol. The van der Waals surface area contributed by atoms with Gasteiger partial charge in [-0.2, -0.15) is 0 Å². The van der Waals surface area contributed by atoms with E-state index in [-0.39, 0.29) is 24.0 Å². The van der Waals surface area contributed by atoms with Gasteiger partial charge in [-0.25, -0.2) is 4.98 Å². The van der Waals surface area contributed by atoms with Crippen molar-refractivity contribution in [3.05, 3.63) is 94.7 Å². The topological polar surface area (TPSA) is 98.5 Å². The average molecular weight is 485 g/mol. The van der Waals surface area contributed by atoms with Crippen molar-refractivity contribution < 1.29 is 14.6 Å². The van der Waals surface area contributed by atoms with Crippen molar-refractivity contribution in [1.82, 2.24) is 10.3 Å². The van der Waals surface area contributed by atoms with Crippen molar-refractivity contribution in [3.63, 3.8) is 0 Å². The molecule has 1 aliphatic heterocycles. The number of anilines is 1. The van der Waals surface area contributed by atoms with Gasteiger partial charge in [-0.15, -0.1) is 11.3 Å². The number of benzene rings is 3. The van der Waals surface area contributed by atoms with Crippen molar-refractivity contribution >= 4 is 44.6 Å². The Kier molecular flexibility index (Phi) is 6.20. The maximum Gasteiger partial charge on any atom is 0.251 e. The van der Waals surface area contributed by atoms with Crippen molar-refractivity contribution in [3.8, 4) is 5.75 Å². The zero-order valence-corrected chi connectivity index (χ0v) is 19.9. The van der Waals surface area contributed by atoms with Crippen molar-refractivity contribution in [2.45, 2.75) is 13.5 Å². The van der Waals surface area contributed by atoms with E-state index in [2.05, 4.69) is 10.3 Å². The van der Waals surface area contributed by atoms with E-state index in [0.29, 0.717) is 35.0 Å². The Labute approximate surface area is 206 Å². The number of fused-ring (bicyclic) bond motifs is 1. The summed E-state index contributed by atoms with van der Waals surface area (Å²) in [4.78, 5) is 19.1. The van der Waals surface area contributed by atoms with Crippen LogP contribution in [0.1, 0.15) is 27.9 Å². The normalized spacial score (nSPS) is 13.5. The van der Waals surface area contributed by atoms with Crippen LogP contribution in [0.2, 0.25) is 0 Å². The first-order valence-corrected chi connectivity index (χ1v) is 12.1. The quantitative estimate of drug-likeness (QED) is 0.327. The molecule has 2 heterocycles. The summed E-state index contributed by atoms with van der Waals surface area (Å²) in [7, 11) is 0. The number of ether oxygens (including phenoxy) is 1. The molecule has 5 rings (SSSR count). The Hall–Kier alpha value is -4.17. The highest BCUT2D eigenvalue weighted by Crippen LogP contribution is 2.35. The lowest BCUT2D eigenvalue weighted by molar-refractivity contribution is 0.0951. The number of aliphatic hydroxyl groups excluding tert-OH is 1. The summed E-state index contributed by atoms with van der Waals surface area (Å²) in [6.07, 6.45) is 0. The van der Waals surface area contributed by atoms with Crippen LogP contribution in [-0.2, 0) is 6.54 Å². The highest BCUT2D eigenvalue weighted by molar-refractivity contribution is 7.19. The molecule has 176 valence electrons. The minimum atomic E-state index is -0.213. The average Bonchev–Trinajstić information content (AvgIpc) is 3.43. The van der Waals surface area contributed by atoms with Crippen molar-refractivity contribution in [2.75, 3.05) is 18.1 Å². The van der Waals surface area contributed by atoms with E-state index in [4.69, 9.17) is 10.1 Å². The lowest BCUT2D eigenvalue weighted by atomic mass is 10.1. The fraction of sp³-hybridized carbons (Fsp3) is 0.148. The van der Waals surface area contributed by atoms with Gasteiger partial charge in [0.05, 0.1) is 28.9 Å². The lowest BCUT2D eigenvalue weighted by Gasteiger charge is -2.19. The van der Waals surface area contributed by atoms with Gasteiger partial charge in [0.25, 0.3) is 5.91 Å². The molecule has 1 amide bonds.